The number of hydrogen-bond donors (Lipinski definition) is 6. The highest BCUT2D eigenvalue weighted by atomic mass is 16.8. The van der Waals surface area contributed by atoms with E-state index in [1.807, 2.05) is 0 Å². The average molecular weight is 294 g/mol. The van der Waals surface area contributed by atoms with Crippen LogP contribution in [-0.4, -0.2) is 84.4 Å². The number of aliphatic carboxylic acids is 3. The van der Waals surface area contributed by atoms with Crippen LogP contribution in [0.5, 0.6) is 0 Å². The van der Waals surface area contributed by atoms with Crippen molar-refractivity contribution in [2.24, 2.45) is 0 Å². The van der Waals surface area contributed by atoms with Crippen molar-refractivity contribution < 1.29 is 54.5 Å². The van der Waals surface area contributed by atoms with Crippen LogP contribution in [0.1, 0.15) is 0 Å². The molecule has 0 radical (unpaired) electrons. The molecule has 0 aromatic carbocycles. The van der Waals surface area contributed by atoms with Gasteiger partial charge in [0.15, 0.2) is 6.29 Å². The zero-order valence-electron chi connectivity index (χ0n) is 9.53. The molecule has 0 unspecified atom stereocenters. The summed E-state index contributed by atoms with van der Waals surface area (Å²) in [6, 6.07) is 0. The van der Waals surface area contributed by atoms with Crippen molar-refractivity contribution in [1.29, 1.82) is 0 Å². The Balaban J connectivity index is 2.71. The van der Waals surface area contributed by atoms with E-state index in [0.717, 1.165) is 0 Å². The lowest BCUT2D eigenvalue weighted by Crippen LogP contribution is -2.76. The predicted octanol–water partition coefficient (Wildman–Crippen LogP) is -3.81. The van der Waals surface area contributed by atoms with Crippen molar-refractivity contribution >= 4 is 17.9 Å². The van der Waals surface area contributed by atoms with Gasteiger partial charge < -0.3 is 40.1 Å². The number of carbonyl (C=O) groups is 3. The molecule has 0 aromatic rings. The lowest BCUT2D eigenvalue weighted by molar-refractivity contribution is -0.326. The number of rotatable bonds is 3. The van der Waals surface area contributed by atoms with Crippen molar-refractivity contribution in [1.82, 2.24) is 0 Å². The monoisotopic (exact) mass is 294 g/mol. The van der Waals surface area contributed by atoms with Crippen LogP contribution in [0.3, 0.4) is 0 Å². The van der Waals surface area contributed by atoms with Gasteiger partial charge in [0.05, 0.1) is 0 Å². The molecule has 0 saturated carbocycles. The number of fused-ring (bicyclic) bond motifs is 2. The molecule has 2 fully saturated rings. The second-order valence-electron chi connectivity index (χ2n) is 4.39. The molecule has 0 aromatic heterocycles. The van der Waals surface area contributed by atoms with Crippen molar-refractivity contribution in [2.75, 3.05) is 0 Å². The highest BCUT2D eigenvalue weighted by Crippen LogP contribution is 2.47. The molecule has 6 atom stereocenters. The highest BCUT2D eigenvalue weighted by Gasteiger charge is 2.80. The van der Waals surface area contributed by atoms with Gasteiger partial charge in [-0.1, -0.05) is 0 Å². The van der Waals surface area contributed by atoms with Gasteiger partial charge in [0.1, 0.15) is 12.2 Å². The summed E-state index contributed by atoms with van der Waals surface area (Å²) in [6.45, 7) is 0. The maximum atomic E-state index is 11.3. The summed E-state index contributed by atoms with van der Waals surface area (Å²) in [5.41, 5.74) is -6.91. The number of aliphatic hydroxyl groups excluding tert-OH is 2. The van der Waals surface area contributed by atoms with Gasteiger partial charge in [0, 0.05) is 0 Å². The third kappa shape index (κ3) is 1.38. The molecular formula is C9H10O11. The molecule has 6 N–H and O–H groups in total. The smallest absolute Gasteiger partial charge is 0.343 e. The maximum Gasteiger partial charge on any atom is 0.343 e. The highest BCUT2D eigenvalue weighted by molar-refractivity contribution is 5.97. The minimum atomic E-state index is -3.64. The fourth-order valence-electron chi connectivity index (χ4n) is 2.41. The van der Waals surface area contributed by atoms with E-state index in [1.165, 1.54) is 0 Å². The van der Waals surface area contributed by atoms with Crippen LogP contribution in [0.15, 0.2) is 0 Å². The molecule has 2 bridgehead atoms. The van der Waals surface area contributed by atoms with Crippen molar-refractivity contribution in [2.45, 2.75) is 35.8 Å². The van der Waals surface area contributed by atoms with Crippen LogP contribution in [0.25, 0.3) is 0 Å². The van der Waals surface area contributed by atoms with E-state index >= 15 is 0 Å². The molecule has 2 aliphatic heterocycles. The van der Waals surface area contributed by atoms with Gasteiger partial charge in [-0.05, 0) is 0 Å². The Morgan fingerprint density at radius 2 is 1.55 bits per heavy atom. The summed E-state index contributed by atoms with van der Waals surface area (Å²) in [7, 11) is 0. The van der Waals surface area contributed by atoms with Crippen molar-refractivity contribution in [3.8, 4) is 0 Å². The molecule has 2 rings (SSSR count). The third-order valence-electron chi connectivity index (χ3n) is 3.40. The Labute approximate surface area is 109 Å². The van der Waals surface area contributed by atoms with Gasteiger partial charge in [-0.25, -0.2) is 14.4 Å². The molecule has 0 amide bonds. The Morgan fingerprint density at radius 1 is 1.00 bits per heavy atom. The van der Waals surface area contributed by atoms with E-state index in [2.05, 4.69) is 9.47 Å². The molecule has 2 aliphatic rings. The van der Waals surface area contributed by atoms with Gasteiger partial charge in [-0.3, -0.25) is 0 Å². The van der Waals surface area contributed by atoms with Crippen LogP contribution in [0.2, 0.25) is 0 Å². The number of carboxylic acid groups (broad SMARTS) is 3. The standard InChI is InChI=1S/C9H10O11/c10-1-2(11)9(7(16)17)8(18,6(14)15)3(4(12)13)19-5(1)20-9/h1-3,5,10-11,18H,(H,12,13)(H,14,15)(H,16,17)/t1-,2-,3-,5-,8-,9-/m1/s1. The van der Waals surface area contributed by atoms with E-state index in [9.17, 15) is 29.7 Å². The summed E-state index contributed by atoms with van der Waals surface area (Å²) in [5.74, 6) is -6.43. The lowest BCUT2D eigenvalue weighted by atomic mass is 9.74. The van der Waals surface area contributed by atoms with Gasteiger partial charge in [-0.2, -0.15) is 0 Å². The minimum Gasteiger partial charge on any atom is -0.479 e. The van der Waals surface area contributed by atoms with E-state index < -0.39 is 53.7 Å². The topological polar surface area (TPSA) is 191 Å². The van der Waals surface area contributed by atoms with Gasteiger partial charge >= 0.3 is 17.9 Å². The van der Waals surface area contributed by atoms with Crippen molar-refractivity contribution in [3.63, 3.8) is 0 Å². The molecule has 2 saturated heterocycles. The van der Waals surface area contributed by atoms with Crippen LogP contribution < -0.4 is 0 Å². The Hall–Kier alpha value is -1.79. The summed E-state index contributed by atoms with van der Waals surface area (Å²) in [6.07, 6.45) is -8.90. The fourth-order valence-corrected chi connectivity index (χ4v) is 2.41. The fraction of sp³-hybridized carbons (Fsp3) is 0.667. The zero-order valence-corrected chi connectivity index (χ0v) is 9.53. The minimum absolute atomic E-state index is 1.90. The first-order valence-corrected chi connectivity index (χ1v) is 5.22. The van der Waals surface area contributed by atoms with Gasteiger partial charge in [0.2, 0.25) is 17.3 Å². The Kier molecular flexibility index (Phi) is 3.00. The molecule has 0 spiro atoms. The van der Waals surface area contributed by atoms with Crippen LogP contribution >= 0.6 is 0 Å². The first kappa shape index (κ1) is 14.6. The van der Waals surface area contributed by atoms with E-state index in [0.29, 0.717) is 0 Å². The quantitative estimate of drug-likeness (QED) is 0.299. The summed E-state index contributed by atoms with van der Waals surface area (Å²) < 4.78 is 9.16. The maximum absolute atomic E-state index is 11.3. The second kappa shape index (κ2) is 4.10. The third-order valence-corrected chi connectivity index (χ3v) is 3.40. The molecule has 112 valence electrons. The molecule has 11 heteroatoms. The molecule has 2 heterocycles. The summed E-state index contributed by atoms with van der Waals surface area (Å²) in [4.78, 5) is 33.5. The average Bonchev–Trinajstić information content (AvgIpc) is 2.57. The number of carboxylic acids is 3. The normalized spacial score (nSPS) is 47.0. The lowest BCUT2D eigenvalue weighted by Gasteiger charge is -2.44. The SMILES string of the molecule is O=C(O)[C@H]1O[C@@H]2O[C@@](C(=O)O)([C@H](O)[C@H]2O)[C@]1(O)C(=O)O. The second-order valence-corrected chi connectivity index (χ2v) is 4.39. The first-order chi connectivity index (χ1) is 9.10. The van der Waals surface area contributed by atoms with Crippen LogP contribution in [-0.2, 0) is 23.9 Å². The zero-order chi connectivity index (χ0) is 15.5. The first-order valence-electron chi connectivity index (χ1n) is 5.22. The largest absolute Gasteiger partial charge is 0.479 e. The van der Waals surface area contributed by atoms with E-state index in [1.54, 1.807) is 0 Å². The summed E-state index contributed by atoms with van der Waals surface area (Å²) in [5, 5.41) is 56.4. The van der Waals surface area contributed by atoms with E-state index in [-0.39, 0.29) is 0 Å². The number of hydrogen-bond acceptors (Lipinski definition) is 8. The van der Waals surface area contributed by atoms with Gasteiger partial charge in [-0.15, -0.1) is 0 Å². The predicted molar refractivity (Wildman–Crippen MR) is 52.3 cm³/mol. The van der Waals surface area contributed by atoms with Gasteiger partial charge in [0.25, 0.3) is 0 Å². The van der Waals surface area contributed by atoms with Crippen LogP contribution in [0, 0.1) is 0 Å². The molecule has 0 aliphatic carbocycles. The Morgan fingerprint density at radius 3 is 1.95 bits per heavy atom. The summed E-state index contributed by atoms with van der Waals surface area (Å²) >= 11 is 0. The molecule has 20 heavy (non-hydrogen) atoms. The Bertz CT molecular complexity index is 488. The molecular weight excluding hydrogens is 284 g/mol. The van der Waals surface area contributed by atoms with Crippen LogP contribution in [0.4, 0.5) is 0 Å². The molecule has 11 nitrogen and oxygen atoms in total. The number of ether oxygens (including phenoxy) is 2. The number of aliphatic hydroxyl groups is 3. The van der Waals surface area contributed by atoms with E-state index in [4.69, 9.17) is 15.3 Å². The van der Waals surface area contributed by atoms with Crippen molar-refractivity contribution in [3.05, 3.63) is 0 Å².